The van der Waals surface area contributed by atoms with E-state index in [1.165, 1.54) is 18.3 Å². The van der Waals surface area contributed by atoms with E-state index in [9.17, 15) is 19.3 Å². The lowest BCUT2D eigenvalue weighted by atomic mass is 10.2. The largest absolute Gasteiger partial charge is 0.461 e. The van der Waals surface area contributed by atoms with Gasteiger partial charge in [-0.3, -0.25) is 14.9 Å². The van der Waals surface area contributed by atoms with Crippen molar-refractivity contribution in [3.63, 3.8) is 0 Å². The van der Waals surface area contributed by atoms with Crippen molar-refractivity contribution in [3.8, 4) is 11.3 Å². The highest BCUT2D eigenvalue weighted by atomic mass is 32.1. The second kappa shape index (κ2) is 7.87. The van der Waals surface area contributed by atoms with Crippen molar-refractivity contribution in [1.82, 2.24) is 4.98 Å². The lowest BCUT2D eigenvalue weighted by Crippen LogP contribution is -2.05. The van der Waals surface area contributed by atoms with Crippen molar-refractivity contribution in [2.75, 3.05) is 0 Å². The van der Waals surface area contributed by atoms with E-state index in [0.29, 0.717) is 17.0 Å². The van der Waals surface area contributed by atoms with Gasteiger partial charge in [-0.05, 0) is 12.1 Å². The summed E-state index contributed by atoms with van der Waals surface area (Å²) in [7, 11) is 0. The molecule has 3 rings (SSSR count). The number of oxazole rings is 1. The summed E-state index contributed by atoms with van der Waals surface area (Å²) in [5.74, 6) is -0.313. The van der Waals surface area contributed by atoms with Gasteiger partial charge in [0, 0.05) is 23.4 Å². The van der Waals surface area contributed by atoms with Gasteiger partial charge in [0.05, 0.1) is 23.1 Å². The number of aromatic nitrogens is 1. The summed E-state index contributed by atoms with van der Waals surface area (Å²) in [6.07, 6.45) is 1.64. The van der Waals surface area contributed by atoms with Crippen LogP contribution in [0.25, 0.3) is 11.3 Å². The van der Waals surface area contributed by atoms with Crippen LogP contribution in [0.1, 0.15) is 17.9 Å². The zero-order valence-corrected chi connectivity index (χ0v) is 14.2. The molecule has 0 aliphatic rings. The summed E-state index contributed by atoms with van der Waals surface area (Å²) < 4.78 is 24.2. The number of aryl methyl sites for hydroxylation is 1. The van der Waals surface area contributed by atoms with Crippen molar-refractivity contribution < 1.29 is 23.3 Å². The van der Waals surface area contributed by atoms with Gasteiger partial charge in [0.15, 0.2) is 11.7 Å². The van der Waals surface area contributed by atoms with Gasteiger partial charge in [0.1, 0.15) is 12.4 Å². The SMILES string of the molecule is O=C(CCc1ncc(-c2ccccc2F)o1)OCc1csc([N+](=O)[O-])c1. The first kappa shape index (κ1) is 17.7. The van der Waals surface area contributed by atoms with E-state index < -0.39 is 16.7 Å². The Balaban J connectivity index is 1.50. The van der Waals surface area contributed by atoms with Gasteiger partial charge >= 0.3 is 11.0 Å². The molecule has 0 N–H and O–H groups in total. The first-order valence-corrected chi connectivity index (χ1v) is 8.48. The minimum atomic E-state index is -0.494. The van der Waals surface area contributed by atoms with Crippen LogP contribution in [-0.4, -0.2) is 15.9 Å². The van der Waals surface area contributed by atoms with Crippen LogP contribution in [0.4, 0.5) is 9.39 Å². The number of nitro groups is 1. The molecular formula is C17H13FN2O5S. The Morgan fingerprint density at radius 1 is 1.38 bits per heavy atom. The molecule has 2 heterocycles. The summed E-state index contributed by atoms with van der Waals surface area (Å²) in [5, 5.41) is 12.2. The van der Waals surface area contributed by atoms with Gasteiger partial charge in [-0.2, -0.15) is 0 Å². The fourth-order valence-electron chi connectivity index (χ4n) is 2.19. The number of hydrogen-bond acceptors (Lipinski definition) is 7. The molecule has 0 saturated carbocycles. The van der Waals surface area contributed by atoms with Gasteiger partial charge in [0.25, 0.3) is 0 Å². The number of benzene rings is 1. The van der Waals surface area contributed by atoms with Crippen molar-refractivity contribution in [2.24, 2.45) is 0 Å². The molecule has 26 heavy (non-hydrogen) atoms. The zero-order chi connectivity index (χ0) is 18.5. The molecule has 0 aliphatic carbocycles. The lowest BCUT2D eigenvalue weighted by molar-refractivity contribution is -0.380. The molecule has 134 valence electrons. The number of halogens is 1. The van der Waals surface area contributed by atoms with E-state index in [2.05, 4.69) is 4.98 Å². The van der Waals surface area contributed by atoms with Gasteiger partial charge in [-0.15, -0.1) is 0 Å². The molecule has 0 unspecified atom stereocenters. The fraction of sp³-hybridized carbons (Fsp3) is 0.176. The van der Waals surface area contributed by atoms with Gasteiger partial charge in [-0.1, -0.05) is 23.5 Å². The van der Waals surface area contributed by atoms with E-state index >= 15 is 0 Å². The molecule has 0 fully saturated rings. The third kappa shape index (κ3) is 4.31. The van der Waals surface area contributed by atoms with Crippen molar-refractivity contribution in [1.29, 1.82) is 0 Å². The molecule has 7 nitrogen and oxygen atoms in total. The Labute approximate surface area is 151 Å². The third-order valence-electron chi connectivity index (χ3n) is 3.46. The highest BCUT2D eigenvalue weighted by Crippen LogP contribution is 2.24. The second-order valence-corrected chi connectivity index (χ2v) is 6.20. The number of thiophene rings is 1. The standard InChI is InChI=1S/C17H13FN2O5S/c18-13-4-2-1-3-12(13)14-8-19-15(25-14)5-6-17(21)24-9-11-7-16(20(22)23)26-10-11/h1-4,7-8,10H,5-6,9H2. The molecule has 9 heteroatoms. The highest BCUT2D eigenvalue weighted by molar-refractivity contribution is 7.13. The average Bonchev–Trinajstić information content (AvgIpc) is 3.28. The Hall–Kier alpha value is -3.07. The van der Waals surface area contributed by atoms with Crippen molar-refractivity contribution in [2.45, 2.75) is 19.4 Å². The summed E-state index contributed by atoms with van der Waals surface area (Å²) in [6.45, 7) is -0.0325. The summed E-state index contributed by atoms with van der Waals surface area (Å²) in [5.41, 5.74) is 0.862. The quantitative estimate of drug-likeness (QED) is 0.350. The van der Waals surface area contributed by atoms with Gasteiger partial charge < -0.3 is 9.15 Å². The smallest absolute Gasteiger partial charge is 0.324 e. The molecule has 0 spiro atoms. The maximum Gasteiger partial charge on any atom is 0.324 e. The monoisotopic (exact) mass is 376 g/mol. The first-order chi connectivity index (χ1) is 12.5. The zero-order valence-electron chi connectivity index (χ0n) is 13.4. The number of carbonyl (C=O) groups excluding carboxylic acids is 1. The van der Waals surface area contributed by atoms with Crippen LogP contribution < -0.4 is 0 Å². The molecular weight excluding hydrogens is 363 g/mol. The molecule has 2 aromatic heterocycles. The lowest BCUT2D eigenvalue weighted by Gasteiger charge is -2.02. The number of hydrogen-bond donors (Lipinski definition) is 0. The highest BCUT2D eigenvalue weighted by Gasteiger charge is 2.14. The van der Waals surface area contributed by atoms with Gasteiger partial charge in [-0.25, -0.2) is 9.37 Å². The Morgan fingerprint density at radius 3 is 2.92 bits per heavy atom. The number of rotatable bonds is 7. The van der Waals surface area contributed by atoms with Crippen LogP contribution in [0, 0.1) is 15.9 Å². The number of carbonyl (C=O) groups is 1. The van der Waals surface area contributed by atoms with E-state index in [-0.39, 0.29) is 30.2 Å². The molecule has 0 saturated heterocycles. The minimum Gasteiger partial charge on any atom is -0.461 e. The minimum absolute atomic E-state index is 0.00323. The summed E-state index contributed by atoms with van der Waals surface area (Å²) >= 11 is 0.975. The fourth-order valence-corrected chi connectivity index (χ4v) is 2.90. The Bertz CT molecular complexity index is 937. The molecule has 0 atom stereocenters. The summed E-state index contributed by atoms with van der Waals surface area (Å²) in [4.78, 5) is 25.9. The van der Waals surface area contributed by atoms with Crippen molar-refractivity contribution in [3.05, 3.63) is 69.3 Å². The number of esters is 1. The second-order valence-electron chi connectivity index (χ2n) is 5.31. The average molecular weight is 376 g/mol. The van der Waals surface area contributed by atoms with Gasteiger partial charge in [0.2, 0.25) is 0 Å². The van der Waals surface area contributed by atoms with Crippen molar-refractivity contribution >= 4 is 22.3 Å². The van der Waals surface area contributed by atoms with Crippen LogP contribution in [0.15, 0.2) is 46.3 Å². The molecule has 3 aromatic rings. The van der Waals surface area contributed by atoms with E-state index in [4.69, 9.17) is 9.15 Å². The van der Waals surface area contributed by atoms with E-state index in [1.54, 1.807) is 23.6 Å². The van der Waals surface area contributed by atoms with E-state index in [0.717, 1.165) is 11.3 Å². The van der Waals surface area contributed by atoms with Crippen LogP contribution in [0.3, 0.4) is 0 Å². The van der Waals surface area contributed by atoms with Crippen LogP contribution in [-0.2, 0) is 22.6 Å². The number of nitrogens with zero attached hydrogens (tertiary/aromatic N) is 2. The van der Waals surface area contributed by atoms with Crippen LogP contribution in [0.2, 0.25) is 0 Å². The maximum absolute atomic E-state index is 13.7. The molecule has 1 aromatic carbocycles. The predicted octanol–water partition coefficient (Wildman–Crippen LogP) is 4.13. The van der Waals surface area contributed by atoms with Crippen LogP contribution >= 0.6 is 11.3 Å². The Kier molecular flexibility index (Phi) is 5.37. The molecule has 0 amide bonds. The number of ether oxygens (including phenoxy) is 1. The normalized spacial score (nSPS) is 10.7. The maximum atomic E-state index is 13.7. The summed E-state index contributed by atoms with van der Waals surface area (Å²) in [6, 6.07) is 7.53. The van der Waals surface area contributed by atoms with Crippen LogP contribution in [0.5, 0.6) is 0 Å². The predicted molar refractivity (Wildman–Crippen MR) is 91.0 cm³/mol. The molecule has 0 aliphatic heterocycles. The molecule has 0 radical (unpaired) electrons. The molecule has 0 bridgehead atoms. The van der Waals surface area contributed by atoms with E-state index in [1.807, 2.05) is 0 Å². The first-order valence-electron chi connectivity index (χ1n) is 7.60. The Morgan fingerprint density at radius 2 is 2.19 bits per heavy atom. The third-order valence-corrected chi connectivity index (χ3v) is 4.38. The topological polar surface area (TPSA) is 95.5 Å².